The topological polar surface area (TPSA) is 98.3 Å². The van der Waals surface area contributed by atoms with Gasteiger partial charge in [-0.1, -0.05) is 17.9 Å². The van der Waals surface area contributed by atoms with Crippen LogP contribution in [0.4, 0.5) is 5.69 Å². The number of nitrogens with one attached hydrogen (secondary N) is 2. The van der Waals surface area contributed by atoms with Crippen molar-refractivity contribution in [1.29, 1.82) is 0 Å². The average molecular weight is 378 g/mol. The number of anilines is 1. The van der Waals surface area contributed by atoms with Crippen molar-refractivity contribution in [3.05, 3.63) is 46.8 Å². The third-order valence-corrected chi connectivity index (χ3v) is 5.32. The van der Waals surface area contributed by atoms with E-state index in [4.69, 9.17) is 0 Å². The number of aryl methyl sites for hydroxylation is 1. The third kappa shape index (κ3) is 3.39. The molecule has 2 aromatic rings. The first-order chi connectivity index (χ1) is 13.5. The number of carbonyl (C=O) groups excluding carboxylic acids is 2. The lowest BCUT2D eigenvalue weighted by Gasteiger charge is -2.13. The smallest absolute Gasteiger partial charge is 0.276 e. The highest BCUT2D eigenvalue weighted by Gasteiger charge is 2.42. The Bertz CT molecular complexity index is 1000. The second-order valence-corrected chi connectivity index (χ2v) is 7.36. The van der Waals surface area contributed by atoms with Gasteiger partial charge < -0.3 is 15.3 Å². The van der Waals surface area contributed by atoms with Gasteiger partial charge in [-0.2, -0.15) is 5.10 Å². The fourth-order valence-electron chi connectivity index (χ4n) is 3.68. The zero-order valence-electron chi connectivity index (χ0n) is 15.7. The molecule has 2 heterocycles. The van der Waals surface area contributed by atoms with Crippen LogP contribution in [0, 0.1) is 11.8 Å². The predicted molar refractivity (Wildman–Crippen MR) is 104 cm³/mol. The molecule has 144 valence electrons. The summed E-state index contributed by atoms with van der Waals surface area (Å²) >= 11 is 0. The minimum absolute atomic E-state index is 0.254. The van der Waals surface area contributed by atoms with Crippen molar-refractivity contribution in [2.75, 3.05) is 18.9 Å². The van der Waals surface area contributed by atoms with Gasteiger partial charge in [0.1, 0.15) is 0 Å². The highest BCUT2D eigenvalue weighted by Crippen LogP contribution is 2.23. The zero-order chi connectivity index (χ0) is 19.7. The zero-order valence-corrected chi connectivity index (χ0v) is 15.7. The second kappa shape index (κ2) is 7.13. The Hall–Kier alpha value is -3.11. The van der Waals surface area contributed by atoms with E-state index in [2.05, 4.69) is 27.4 Å². The molecule has 1 aromatic heterocycles. The van der Waals surface area contributed by atoms with Gasteiger partial charge in [0, 0.05) is 42.5 Å². The van der Waals surface area contributed by atoms with Crippen LogP contribution in [0.5, 0.6) is 0 Å². The fraction of sp³-hybridized carbons (Fsp3) is 0.381. The summed E-state index contributed by atoms with van der Waals surface area (Å²) in [6, 6.07) is 7.03. The Morgan fingerprint density at radius 2 is 2.18 bits per heavy atom. The average Bonchev–Trinajstić information content (AvgIpc) is 3.24. The summed E-state index contributed by atoms with van der Waals surface area (Å²) in [6.07, 6.45) is 4.25. The molecule has 1 aliphatic carbocycles. The Morgan fingerprint density at radius 1 is 1.36 bits per heavy atom. The summed E-state index contributed by atoms with van der Waals surface area (Å²) in [7, 11) is 1.64. The van der Waals surface area contributed by atoms with Crippen molar-refractivity contribution in [1.82, 2.24) is 15.1 Å². The molecule has 1 fully saturated rings. The maximum Gasteiger partial charge on any atom is 0.276 e. The second-order valence-electron chi connectivity index (χ2n) is 7.36. The molecule has 0 saturated carbocycles. The summed E-state index contributed by atoms with van der Waals surface area (Å²) < 4.78 is 0. The number of hydrogen-bond acceptors (Lipinski definition) is 4. The van der Waals surface area contributed by atoms with E-state index >= 15 is 0 Å². The predicted octanol–water partition coefficient (Wildman–Crippen LogP) is 1.49. The molecule has 1 saturated heterocycles. The number of aliphatic hydroxyl groups is 1. The molecular formula is C21H22N4O3. The van der Waals surface area contributed by atoms with Crippen LogP contribution in [0.3, 0.4) is 0 Å². The van der Waals surface area contributed by atoms with Gasteiger partial charge in [-0.05, 0) is 43.9 Å². The third-order valence-electron chi connectivity index (χ3n) is 5.32. The van der Waals surface area contributed by atoms with Crippen LogP contribution in [0.25, 0.3) is 0 Å². The van der Waals surface area contributed by atoms with E-state index < -0.39 is 5.60 Å². The molecule has 2 amide bonds. The molecule has 7 nitrogen and oxygen atoms in total. The van der Waals surface area contributed by atoms with E-state index in [1.54, 1.807) is 31.3 Å². The van der Waals surface area contributed by atoms with Gasteiger partial charge in [-0.15, -0.1) is 0 Å². The van der Waals surface area contributed by atoms with Crippen molar-refractivity contribution in [3.63, 3.8) is 0 Å². The molecule has 1 aromatic carbocycles. The number of amides is 2. The van der Waals surface area contributed by atoms with Gasteiger partial charge in [0.15, 0.2) is 5.69 Å². The quantitative estimate of drug-likeness (QED) is 0.690. The van der Waals surface area contributed by atoms with Gasteiger partial charge >= 0.3 is 0 Å². The number of aromatic nitrogens is 2. The highest BCUT2D eigenvalue weighted by molar-refractivity contribution is 6.04. The standard InChI is InChI=1S/C21H22N4O3/c1-25-12-11-21(28,20(25)27)10-9-14-5-4-6-15(13-14)22-19(26)18-16-7-2-3-8-17(16)23-24-18/h4-6,13,28H,2-3,7-8,11-12H2,1H3,(H,22,26)(H,23,24)/t21-/m0/s1. The van der Waals surface area contributed by atoms with E-state index in [1.165, 1.54) is 4.90 Å². The van der Waals surface area contributed by atoms with Gasteiger partial charge in [-0.25, -0.2) is 0 Å². The summed E-state index contributed by atoms with van der Waals surface area (Å²) in [5, 5.41) is 20.4. The Labute approximate surface area is 163 Å². The van der Waals surface area contributed by atoms with E-state index in [-0.39, 0.29) is 18.2 Å². The lowest BCUT2D eigenvalue weighted by Crippen LogP contribution is -2.37. The SMILES string of the molecule is CN1CC[C@@](O)(C#Cc2cccc(NC(=O)c3n[nH]c4c3CCCC4)c2)C1=O. The van der Waals surface area contributed by atoms with Gasteiger partial charge in [0.25, 0.3) is 11.8 Å². The number of likely N-dealkylation sites (N-methyl/N-ethyl adjacent to an activating group) is 1. The van der Waals surface area contributed by atoms with E-state index in [0.717, 1.165) is 36.9 Å². The summed E-state index contributed by atoms with van der Waals surface area (Å²) in [6.45, 7) is 0.480. The van der Waals surface area contributed by atoms with E-state index in [0.29, 0.717) is 23.5 Å². The lowest BCUT2D eigenvalue weighted by atomic mass is 9.96. The fourth-order valence-corrected chi connectivity index (χ4v) is 3.68. The highest BCUT2D eigenvalue weighted by atomic mass is 16.3. The maximum atomic E-state index is 12.6. The molecule has 1 aliphatic heterocycles. The number of fused-ring (bicyclic) bond motifs is 1. The van der Waals surface area contributed by atoms with Crippen LogP contribution in [-0.2, 0) is 17.6 Å². The number of rotatable bonds is 2. The number of aromatic amines is 1. The molecule has 1 atom stereocenters. The number of H-pyrrole nitrogens is 1. The van der Waals surface area contributed by atoms with Crippen LogP contribution >= 0.6 is 0 Å². The van der Waals surface area contributed by atoms with Crippen LogP contribution < -0.4 is 5.32 Å². The molecule has 28 heavy (non-hydrogen) atoms. The largest absolute Gasteiger partial charge is 0.369 e. The van der Waals surface area contributed by atoms with Crippen molar-refractivity contribution in [3.8, 4) is 11.8 Å². The monoisotopic (exact) mass is 378 g/mol. The summed E-state index contributed by atoms with van der Waals surface area (Å²) in [5.74, 6) is 4.91. The summed E-state index contributed by atoms with van der Waals surface area (Å²) in [4.78, 5) is 26.1. The molecule has 0 radical (unpaired) electrons. The molecule has 0 bridgehead atoms. The molecule has 7 heteroatoms. The van der Waals surface area contributed by atoms with E-state index in [1.807, 2.05) is 0 Å². The van der Waals surface area contributed by atoms with Crippen LogP contribution in [0.1, 0.15) is 46.6 Å². The van der Waals surface area contributed by atoms with Gasteiger partial charge in [0.2, 0.25) is 5.60 Å². The molecule has 0 spiro atoms. The van der Waals surface area contributed by atoms with E-state index in [9.17, 15) is 14.7 Å². The minimum atomic E-state index is -1.64. The first-order valence-corrected chi connectivity index (χ1v) is 9.45. The van der Waals surface area contributed by atoms with Crippen molar-refractivity contribution in [2.45, 2.75) is 37.7 Å². The van der Waals surface area contributed by atoms with Crippen LogP contribution in [-0.4, -0.2) is 51.2 Å². The van der Waals surface area contributed by atoms with Crippen LogP contribution in [0.2, 0.25) is 0 Å². The van der Waals surface area contributed by atoms with Gasteiger partial charge in [0.05, 0.1) is 0 Å². The first-order valence-electron chi connectivity index (χ1n) is 9.45. The lowest BCUT2D eigenvalue weighted by molar-refractivity contribution is -0.137. The number of carbonyl (C=O) groups is 2. The Balaban J connectivity index is 1.51. The van der Waals surface area contributed by atoms with Gasteiger partial charge in [-0.3, -0.25) is 14.7 Å². The number of likely N-dealkylation sites (tertiary alicyclic amines) is 1. The Morgan fingerprint density at radius 3 is 2.96 bits per heavy atom. The molecule has 0 unspecified atom stereocenters. The summed E-state index contributed by atoms with van der Waals surface area (Å²) in [5.41, 5.74) is 2.06. The maximum absolute atomic E-state index is 12.6. The van der Waals surface area contributed by atoms with Crippen molar-refractivity contribution < 1.29 is 14.7 Å². The number of benzene rings is 1. The molecule has 2 aliphatic rings. The Kier molecular flexibility index (Phi) is 4.65. The van der Waals surface area contributed by atoms with Crippen molar-refractivity contribution >= 4 is 17.5 Å². The van der Waals surface area contributed by atoms with Crippen molar-refractivity contribution in [2.24, 2.45) is 0 Å². The molecular weight excluding hydrogens is 356 g/mol. The first kappa shape index (κ1) is 18.3. The minimum Gasteiger partial charge on any atom is -0.369 e. The van der Waals surface area contributed by atoms with Crippen LogP contribution in [0.15, 0.2) is 24.3 Å². The molecule has 3 N–H and O–H groups in total. The normalized spacial score (nSPS) is 21.1. The number of hydrogen-bond donors (Lipinski definition) is 3. The number of nitrogens with zero attached hydrogens (tertiary/aromatic N) is 2. The molecule has 4 rings (SSSR count).